The minimum Gasteiger partial charge on any atom is -0.445 e. The zero-order chi connectivity index (χ0) is 18.2. The minimum atomic E-state index is -0.394. The van der Waals surface area contributed by atoms with E-state index in [2.05, 4.69) is 40.1 Å². The summed E-state index contributed by atoms with van der Waals surface area (Å²) in [6.07, 6.45) is 2.47. The molecule has 3 aromatic rings. The van der Waals surface area contributed by atoms with Gasteiger partial charge >= 0.3 is 6.09 Å². The number of carbonyl (C=O) groups is 1. The molecule has 0 unspecified atom stereocenters. The Kier molecular flexibility index (Phi) is 5.95. The second-order valence-electron chi connectivity index (χ2n) is 5.96. The molecule has 0 atom stereocenters. The molecule has 0 aliphatic rings. The van der Waals surface area contributed by atoms with Gasteiger partial charge in [-0.1, -0.05) is 54.5 Å². The molecule has 3 rings (SSSR count). The Bertz CT molecular complexity index is 933. The normalized spacial score (nSPS) is 10.2. The summed E-state index contributed by atoms with van der Waals surface area (Å²) < 4.78 is 7.39. The molecule has 1 amide bonds. The molecule has 132 valence electrons. The van der Waals surface area contributed by atoms with Gasteiger partial charge in [0.05, 0.1) is 6.54 Å². The highest BCUT2D eigenvalue weighted by Gasteiger charge is 2.08. The van der Waals surface area contributed by atoms with E-state index in [-0.39, 0.29) is 6.61 Å². The number of benzene rings is 2. The lowest BCUT2D eigenvalue weighted by molar-refractivity contribution is 0.140. The van der Waals surface area contributed by atoms with E-state index in [1.807, 2.05) is 49.4 Å². The maximum Gasteiger partial charge on any atom is 0.407 e. The van der Waals surface area contributed by atoms with E-state index in [0.717, 1.165) is 17.5 Å². The summed E-state index contributed by atoms with van der Waals surface area (Å²) in [4.78, 5) is 11.9. The third kappa shape index (κ3) is 4.46. The molecule has 0 saturated heterocycles. The summed E-state index contributed by atoms with van der Waals surface area (Å²) in [5.41, 5.74) is 3.33. The van der Waals surface area contributed by atoms with Gasteiger partial charge < -0.3 is 14.6 Å². The highest BCUT2D eigenvalue weighted by Crippen LogP contribution is 2.21. The Morgan fingerprint density at radius 1 is 1.12 bits per heavy atom. The van der Waals surface area contributed by atoms with Crippen LogP contribution in [0.2, 0.25) is 0 Å². The Hall–Kier alpha value is -3.19. The van der Waals surface area contributed by atoms with Gasteiger partial charge in [0.1, 0.15) is 6.61 Å². The van der Waals surface area contributed by atoms with Crippen LogP contribution in [-0.2, 0) is 24.3 Å². The molecule has 2 aromatic carbocycles. The Balaban J connectivity index is 1.56. The summed E-state index contributed by atoms with van der Waals surface area (Å²) in [5.74, 6) is 6.03. The third-order valence-electron chi connectivity index (χ3n) is 4.17. The number of para-hydroxylation sites is 1. The molecule has 0 saturated carbocycles. The Morgan fingerprint density at radius 3 is 2.69 bits per heavy atom. The summed E-state index contributed by atoms with van der Waals surface area (Å²) in [6, 6.07) is 17.9. The fourth-order valence-corrected chi connectivity index (χ4v) is 2.89. The molecule has 1 heterocycles. The lowest BCUT2D eigenvalue weighted by Crippen LogP contribution is -2.26. The SMILES string of the molecule is CC#CCn1cc(CCNC(=O)OCc2ccccc2)c2ccccc21. The first-order valence-electron chi connectivity index (χ1n) is 8.69. The Labute approximate surface area is 153 Å². The molecule has 0 fully saturated rings. The van der Waals surface area contributed by atoms with Crippen molar-refractivity contribution >= 4 is 17.0 Å². The second kappa shape index (κ2) is 8.77. The van der Waals surface area contributed by atoms with Crippen LogP contribution in [0.25, 0.3) is 10.9 Å². The summed E-state index contributed by atoms with van der Waals surface area (Å²) in [7, 11) is 0. The monoisotopic (exact) mass is 346 g/mol. The van der Waals surface area contributed by atoms with Gasteiger partial charge in [0, 0.05) is 23.6 Å². The minimum absolute atomic E-state index is 0.279. The maximum absolute atomic E-state index is 11.9. The number of nitrogens with zero attached hydrogens (tertiary/aromatic N) is 1. The van der Waals surface area contributed by atoms with E-state index in [1.54, 1.807) is 0 Å². The molecule has 0 aliphatic carbocycles. The highest BCUT2D eigenvalue weighted by atomic mass is 16.5. The molecule has 4 nitrogen and oxygen atoms in total. The van der Waals surface area contributed by atoms with Crippen LogP contribution in [-0.4, -0.2) is 17.2 Å². The largest absolute Gasteiger partial charge is 0.445 e. The lowest BCUT2D eigenvalue weighted by atomic mass is 10.1. The third-order valence-corrected chi connectivity index (χ3v) is 4.17. The van der Waals surface area contributed by atoms with Crippen molar-refractivity contribution in [1.82, 2.24) is 9.88 Å². The molecule has 0 bridgehead atoms. The molecule has 1 aromatic heterocycles. The first-order valence-corrected chi connectivity index (χ1v) is 8.69. The van der Waals surface area contributed by atoms with Crippen molar-refractivity contribution in [1.29, 1.82) is 0 Å². The number of hydrogen-bond acceptors (Lipinski definition) is 2. The molecule has 1 N–H and O–H groups in total. The van der Waals surface area contributed by atoms with E-state index in [4.69, 9.17) is 4.74 Å². The van der Waals surface area contributed by atoms with E-state index in [0.29, 0.717) is 13.1 Å². The molecule has 4 heteroatoms. The first-order chi connectivity index (χ1) is 12.8. The maximum atomic E-state index is 11.9. The van der Waals surface area contributed by atoms with Gasteiger partial charge in [-0.05, 0) is 30.5 Å². The van der Waals surface area contributed by atoms with E-state index >= 15 is 0 Å². The van der Waals surface area contributed by atoms with Crippen LogP contribution in [0.15, 0.2) is 60.8 Å². The second-order valence-corrected chi connectivity index (χ2v) is 5.96. The predicted molar refractivity (Wildman–Crippen MR) is 104 cm³/mol. The quantitative estimate of drug-likeness (QED) is 0.682. The van der Waals surface area contributed by atoms with Crippen molar-refractivity contribution in [2.75, 3.05) is 6.54 Å². The highest BCUT2D eigenvalue weighted by molar-refractivity contribution is 5.84. The number of carbonyl (C=O) groups excluding carboxylic acids is 1. The molecule has 26 heavy (non-hydrogen) atoms. The number of amides is 1. The Morgan fingerprint density at radius 2 is 1.88 bits per heavy atom. The van der Waals surface area contributed by atoms with Crippen LogP contribution in [0.3, 0.4) is 0 Å². The number of ether oxygens (including phenoxy) is 1. The average Bonchev–Trinajstić information content (AvgIpc) is 3.03. The predicted octanol–water partition coefficient (Wildman–Crippen LogP) is 4.13. The topological polar surface area (TPSA) is 43.3 Å². The van der Waals surface area contributed by atoms with Crippen LogP contribution in [0.5, 0.6) is 0 Å². The fourth-order valence-electron chi connectivity index (χ4n) is 2.89. The van der Waals surface area contributed by atoms with Crippen LogP contribution < -0.4 is 5.32 Å². The number of nitrogens with one attached hydrogen (secondary N) is 1. The zero-order valence-corrected chi connectivity index (χ0v) is 14.9. The van der Waals surface area contributed by atoms with Crippen molar-refractivity contribution in [3.05, 3.63) is 71.9 Å². The van der Waals surface area contributed by atoms with Gasteiger partial charge in [0.25, 0.3) is 0 Å². The van der Waals surface area contributed by atoms with Crippen molar-refractivity contribution in [3.63, 3.8) is 0 Å². The van der Waals surface area contributed by atoms with Crippen LogP contribution in [0.4, 0.5) is 4.79 Å². The summed E-state index contributed by atoms with van der Waals surface area (Å²) in [5, 5.41) is 4.02. The number of aromatic nitrogens is 1. The smallest absolute Gasteiger partial charge is 0.407 e. The molecular weight excluding hydrogens is 324 g/mol. The number of alkyl carbamates (subject to hydrolysis) is 1. The lowest BCUT2D eigenvalue weighted by Gasteiger charge is -2.06. The zero-order valence-electron chi connectivity index (χ0n) is 14.9. The summed E-state index contributed by atoms with van der Waals surface area (Å²) >= 11 is 0. The van der Waals surface area contributed by atoms with Gasteiger partial charge in [-0.3, -0.25) is 0 Å². The van der Waals surface area contributed by atoms with Gasteiger partial charge in [-0.2, -0.15) is 0 Å². The van der Waals surface area contributed by atoms with E-state index in [9.17, 15) is 4.79 Å². The molecule has 0 spiro atoms. The van der Waals surface area contributed by atoms with Crippen LogP contribution in [0, 0.1) is 11.8 Å². The summed E-state index contributed by atoms with van der Waals surface area (Å²) in [6.45, 7) is 3.32. The van der Waals surface area contributed by atoms with Crippen molar-refractivity contribution in [3.8, 4) is 11.8 Å². The standard InChI is InChI=1S/C22H22N2O2/c1-2-3-15-24-16-19(20-11-7-8-12-21(20)24)13-14-23-22(25)26-17-18-9-5-4-6-10-18/h4-12,16H,13-15,17H2,1H3,(H,23,25). The van der Waals surface area contributed by atoms with Gasteiger partial charge in [0.15, 0.2) is 0 Å². The van der Waals surface area contributed by atoms with Crippen LogP contribution in [0.1, 0.15) is 18.1 Å². The number of hydrogen-bond donors (Lipinski definition) is 1. The van der Waals surface area contributed by atoms with Crippen molar-refractivity contribution < 1.29 is 9.53 Å². The molecule has 0 radical (unpaired) electrons. The van der Waals surface area contributed by atoms with E-state index < -0.39 is 6.09 Å². The van der Waals surface area contributed by atoms with Crippen LogP contribution >= 0.6 is 0 Å². The van der Waals surface area contributed by atoms with Gasteiger partial charge in [-0.15, -0.1) is 5.92 Å². The molecular formula is C22H22N2O2. The van der Waals surface area contributed by atoms with Crippen molar-refractivity contribution in [2.24, 2.45) is 0 Å². The average molecular weight is 346 g/mol. The fraction of sp³-hybridized carbons (Fsp3) is 0.227. The number of rotatable bonds is 6. The van der Waals surface area contributed by atoms with E-state index in [1.165, 1.54) is 10.9 Å². The first kappa shape index (κ1) is 17.6. The van der Waals surface area contributed by atoms with Crippen molar-refractivity contribution in [2.45, 2.75) is 26.5 Å². The van der Waals surface area contributed by atoms with Gasteiger partial charge in [-0.25, -0.2) is 4.79 Å². The number of fused-ring (bicyclic) bond motifs is 1. The molecule has 0 aliphatic heterocycles. The van der Waals surface area contributed by atoms with Gasteiger partial charge in [0.2, 0.25) is 0 Å².